The molecule has 0 aromatic carbocycles. The first-order valence-corrected chi connectivity index (χ1v) is 26.6. The van der Waals surface area contributed by atoms with Gasteiger partial charge in [0.25, 0.3) is 0 Å². The van der Waals surface area contributed by atoms with E-state index in [0.717, 1.165) is 96.3 Å². The third kappa shape index (κ3) is 50.8. The minimum absolute atomic E-state index is 0.132. The molecule has 0 saturated heterocycles. The maximum atomic E-state index is 12.8. The van der Waals surface area contributed by atoms with E-state index < -0.39 is 12.1 Å². The van der Waals surface area contributed by atoms with Gasteiger partial charge in [0.2, 0.25) is 0 Å². The van der Waals surface area contributed by atoms with Gasteiger partial charge in [-0.05, 0) is 103 Å². The molecule has 0 aliphatic carbocycles. The number of hydrogen-bond acceptors (Lipinski definition) is 6. The zero-order valence-corrected chi connectivity index (χ0v) is 42.4. The van der Waals surface area contributed by atoms with Crippen LogP contribution in [0.5, 0.6) is 0 Å². The molecule has 0 aromatic rings. The highest BCUT2D eigenvalue weighted by atomic mass is 16.6. The molecule has 372 valence electrons. The second kappa shape index (κ2) is 53.4. The summed E-state index contributed by atoms with van der Waals surface area (Å²) in [6.07, 6.45) is 73.4. The Hall–Kier alpha value is -4.19. The Bertz CT molecular complexity index is 1420. The second-order valence-corrected chi connectivity index (χ2v) is 17.1. The highest BCUT2D eigenvalue weighted by Gasteiger charge is 2.19. The number of esters is 3. The van der Waals surface area contributed by atoms with Crippen molar-refractivity contribution in [3.63, 3.8) is 0 Å². The van der Waals surface area contributed by atoms with Crippen LogP contribution >= 0.6 is 0 Å². The van der Waals surface area contributed by atoms with E-state index in [1.807, 2.05) is 6.08 Å². The van der Waals surface area contributed by atoms with Gasteiger partial charge >= 0.3 is 17.9 Å². The van der Waals surface area contributed by atoms with Crippen LogP contribution < -0.4 is 0 Å². The van der Waals surface area contributed by atoms with Crippen LogP contribution in [0.3, 0.4) is 0 Å². The molecule has 0 aliphatic heterocycles. The summed E-state index contributed by atoms with van der Waals surface area (Å²) in [5.41, 5.74) is 0. The van der Waals surface area contributed by atoms with Crippen molar-refractivity contribution in [1.82, 2.24) is 0 Å². The molecule has 6 heteroatoms. The fourth-order valence-corrected chi connectivity index (χ4v) is 6.77. The summed E-state index contributed by atoms with van der Waals surface area (Å²) >= 11 is 0. The van der Waals surface area contributed by atoms with Crippen molar-refractivity contribution in [2.45, 2.75) is 226 Å². The molecule has 0 heterocycles. The molecule has 1 unspecified atom stereocenters. The lowest BCUT2D eigenvalue weighted by Gasteiger charge is -2.18. The Morgan fingerprint density at radius 2 is 0.697 bits per heavy atom. The summed E-state index contributed by atoms with van der Waals surface area (Å²) < 4.78 is 16.7. The summed E-state index contributed by atoms with van der Waals surface area (Å²) in [5.74, 6) is -1.09. The minimum Gasteiger partial charge on any atom is -0.462 e. The molecular formula is C60H96O6. The van der Waals surface area contributed by atoms with Crippen LogP contribution in [0.4, 0.5) is 0 Å². The first-order valence-electron chi connectivity index (χ1n) is 26.6. The van der Waals surface area contributed by atoms with Gasteiger partial charge in [-0.3, -0.25) is 14.4 Å². The Morgan fingerprint density at radius 1 is 0.333 bits per heavy atom. The van der Waals surface area contributed by atoms with Crippen LogP contribution in [0.2, 0.25) is 0 Å². The third-order valence-electron chi connectivity index (χ3n) is 10.7. The molecule has 0 rings (SSSR count). The first kappa shape index (κ1) is 61.8. The molecule has 0 bridgehead atoms. The average Bonchev–Trinajstić information content (AvgIpc) is 3.31. The van der Waals surface area contributed by atoms with Crippen LogP contribution in [-0.2, 0) is 28.6 Å². The van der Waals surface area contributed by atoms with E-state index in [-0.39, 0.29) is 38.0 Å². The molecule has 0 N–H and O–H groups in total. The van der Waals surface area contributed by atoms with Gasteiger partial charge in [0.05, 0.1) is 0 Å². The highest BCUT2D eigenvalue weighted by molar-refractivity contribution is 5.71. The predicted molar refractivity (Wildman–Crippen MR) is 283 cm³/mol. The topological polar surface area (TPSA) is 78.9 Å². The Morgan fingerprint density at radius 3 is 1.18 bits per heavy atom. The zero-order chi connectivity index (χ0) is 47.9. The molecule has 0 aliphatic rings. The summed E-state index contributed by atoms with van der Waals surface area (Å²) in [7, 11) is 0. The number of ether oxygens (including phenoxy) is 3. The Kier molecular flexibility index (Phi) is 50.0. The van der Waals surface area contributed by atoms with E-state index in [1.54, 1.807) is 0 Å². The lowest BCUT2D eigenvalue weighted by molar-refractivity contribution is -0.166. The van der Waals surface area contributed by atoms with Crippen LogP contribution in [0, 0.1) is 0 Å². The van der Waals surface area contributed by atoms with Gasteiger partial charge in [-0.25, -0.2) is 0 Å². The largest absolute Gasteiger partial charge is 0.462 e. The highest BCUT2D eigenvalue weighted by Crippen LogP contribution is 2.11. The monoisotopic (exact) mass is 913 g/mol. The van der Waals surface area contributed by atoms with Crippen molar-refractivity contribution in [3.05, 3.63) is 122 Å². The van der Waals surface area contributed by atoms with E-state index >= 15 is 0 Å². The molecule has 0 radical (unpaired) electrons. The van der Waals surface area contributed by atoms with Crippen molar-refractivity contribution >= 4 is 17.9 Å². The van der Waals surface area contributed by atoms with Crippen molar-refractivity contribution < 1.29 is 28.6 Å². The molecular weight excluding hydrogens is 817 g/mol. The maximum Gasteiger partial charge on any atom is 0.306 e. The van der Waals surface area contributed by atoms with Crippen molar-refractivity contribution in [3.8, 4) is 0 Å². The van der Waals surface area contributed by atoms with Crippen LogP contribution in [0.1, 0.15) is 220 Å². The van der Waals surface area contributed by atoms with Gasteiger partial charge in [0.15, 0.2) is 6.10 Å². The lowest BCUT2D eigenvalue weighted by Crippen LogP contribution is -2.30. The number of carbonyl (C=O) groups excluding carboxylic acids is 3. The third-order valence-corrected chi connectivity index (χ3v) is 10.7. The predicted octanol–water partition coefficient (Wildman–Crippen LogP) is 17.7. The van der Waals surface area contributed by atoms with Gasteiger partial charge in [-0.1, -0.05) is 219 Å². The van der Waals surface area contributed by atoms with E-state index in [9.17, 15) is 14.4 Å². The minimum atomic E-state index is -0.842. The van der Waals surface area contributed by atoms with Gasteiger partial charge in [-0.15, -0.1) is 0 Å². The number of hydrogen-bond donors (Lipinski definition) is 0. The summed E-state index contributed by atoms with van der Waals surface area (Å²) in [5, 5.41) is 0. The maximum absolute atomic E-state index is 12.8. The fourth-order valence-electron chi connectivity index (χ4n) is 6.77. The molecule has 1 atom stereocenters. The zero-order valence-electron chi connectivity index (χ0n) is 42.4. The normalized spacial score (nSPS) is 13.1. The smallest absolute Gasteiger partial charge is 0.306 e. The standard InChI is InChI=1S/C60H96O6/c1-4-7-10-13-16-19-22-25-27-29-31-32-35-38-41-44-47-50-53-59(62)65-56-57(55-64-58(61)52-49-46-43-40-37-34-24-21-18-15-12-9-6-3)66-60(63)54-51-48-45-42-39-36-33-30-28-26-23-20-17-14-11-8-5-2/h8,11,17,20,22,25-29,31-34,36-37,42-43,45-46,57H,4-7,9-10,12-16,18-19,21,23-24,30,35,38-41,44,47-56H2,1-3H3/b11-8+,20-17+,25-22+,28-26+,29-27+,32-31+,36-33+,37-34+,45-42+,46-43+. The van der Waals surface area contributed by atoms with Gasteiger partial charge < -0.3 is 14.2 Å². The SMILES string of the molecule is CC/C=C/C/C=C/C/C=C/C/C=C/C/C=C/CCCC(=O)OC(COC(=O)CC/C=C/C/C=C/CCCCCCCC)COC(=O)CCCCCCC/C=C/C=C/C=C/CCCCCCC. The van der Waals surface area contributed by atoms with E-state index in [2.05, 4.69) is 136 Å². The molecule has 0 fully saturated rings. The molecule has 0 aromatic heterocycles. The fraction of sp³-hybridized carbons (Fsp3) is 0.617. The van der Waals surface area contributed by atoms with E-state index in [0.29, 0.717) is 19.3 Å². The van der Waals surface area contributed by atoms with Crippen LogP contribution in [0.25, 0.3) is 0 Å². The quantitative estimate of drug-likeness (QED) is 0.0199. The number of allylic oxidation sites excluding steroid dienone is 20. The van der Waals surface area contributed by atoms with E-state index in [1.165, 1.54) is 70.6 Å². The Balaban J connectivity index is 4.59. The molecule has 0 spiro atoms. The number of carbonyl (C=O) groups is 3. The van der Waals surface area contributed by atoms with Crippen LogP contribution in [-0.4, -0.2) is 37.2 Å². The van der Waals surface area contributed by atoms with E-state index in [4.69, 9.17) is 14.2 Å². The first-order chi connectivity index (χ1) is 32.5. The average molecular weight is 913 g/mol. The van der Waals surface area contributed by atoms with Gasteiger partial charge in [-0.2, -0.15) is 0 Å². The van der Waals surface area contributed by atoms with Crippen molar-refractivity contribution in [1.29, 1.82) is 0 Å². The van der Waals surface area contributed by atoms with Gasteiger partial charge in [0.1, 0.15) is 13.2 Å². The Labute approximate surface area is 405 Å². The van der Waals surface area contributed by atoms with Crippen molar-refractivity contribution in [2.75, 3.05) is 13.2 Å². The lowest BCUT2D eigenvalue weighted by atomic mass is 10.1. The van der Waals surface area contributed by atoms with Crippen molar-refractivity contribution in [2.24, 2.45) is 0 Å². The van der Waals surface area contributed by atoms with Crippen LogP contribution in [0.15, 0.2) is 122 Å². The van der Waals surface area contributed by atoms with Gasteiger partial charge in [0, 0.05) is 19.3 Å². The summed E-state index contributed by atoms with van der Waals surface area (Å²) in [6, 6.07) is 0. The molecule has 6 nitrogen and oxygen atoms in total. The number of unbranched alkanes of at least 4 members (excludes halogenated alkanes) is 17. The molecule has 0 saturated carbocycles. The summed E-state index contributed by atoms with van der Waals surface area (Å²) in [6.45, 7) is 6.37. The molecule has 66 heavy (non-hydrogen) atoms. The second-order valence-electron chi connectivity index (χ2n) is 17.1. The molecule has 0 amide bonds. The number of rotatable bonds is 46. The summed E-state index contributed by atoms with van der Waals surface area (Å²) in [4.78, 5) is 38.0.